The van der Waals surface area contributed by atoms with E-state index in [4.69, 9.17) is 11.6 Å². The van der Waals surface area contributed by atoms with Crippen LogP contribution < -0.4 is 10.2 Å². The number of carbonyl (C=O) groups excluding carboxylic acids is 3. The Morgan fingerprint density at radius 1 is 1.07 bits per heavy atom. The molecule has 7 heteroatoms. The van der Waals surface area contributed by atoms with Crippen molar-refractivity contribution in [2.45, 2.75) is 19.3 Å². The van der Waals surface area contributed by atoms with Gasteiger partial charge in [-0.15, -0.1) is 0 Å². The predicted octanol–water partition coefficient (Wildman–Crippen LogP) is 3.52. The third kappa shape index (κ3) is 2.55. The molecule has 2 bridgehead atoms. The van der Waals surface area contributed by atoms with E-state index in [0.717, 1.165) is 19.3 Å². The maximum absolute atomic E-state index is 13.0. The highest BCUT2D eigenvalue weighted by Gasteiger charge is 2.61. The molecule has 3 aliphatic rings. The van der Waals surface area contributed by atoms with Crippen molar-refractivity contribution in [3.05, 3.63) is 53.3 Å². The van der Waals surface area contributed by atoms with E-state index in [2.05, 4.69) is 10.3 Å². The Labute approximate surface area is 166 Å². The molecule has 6 nitrogen and oxygen atoms in total. The lowest BCUT2D eigenvalue weighted by Gasteiger charge is -2.19. The second-order valence-corrected chi connectivity index (χ2v) is 8.14. The number of hydrogen-bond donors (Lipinski definition) is 1. The maximum Gasteiger partial charge on any atom is 0.274 e. The van der Waals surface area contributed by atoms with Crippen LogP contribution in [0.15, 0.2) is 42.6 Å². The van der Waals surface area contributed by atoms with Crippen LogP contribution in [0.3, 0.4) is 0 Å². The molecule has 28 heavy (non-hydrogen) atoms. The zero-order chi connectivity index (χ0) is 19.4. The number of halogens is 1. The molecule has 4 atom stereocenters. The van der Waals surface area contributed by atoms with Gasteiger partial charge in [0.15, 0.2) is 0 Å². The summed E-state index contributed by atoms with van der Waals surface area (Å²) in [7, 11) is 0. The fourth-order valence-electron chi connectivity index (χ4n) is 5.10. The summed E-state index contributed by atoms with van der Waals surface area (Å²) >= 11 is 6.40. The van der Waals surface area contributed by atoms with Crippen LogP contribution in [0.25, 0.3) is 0 Å². The van der Waals surface area contributed by atoms with Gasteiger partial charge in [-0.25, -0.2) is 4.90 Å². The summed E-state index contributed by atoms with van der Waals surface area (Å²) in [5, 5.41) is 2.99. The van der Waals surface area contributed by atoms with Gasteiger partial charge in [-0.05, 0) is 61.4 Å². The molecule has 0 radical (unpaired) electrons. The second-order valence-electron chi connectivity index (χ2n) is 7.73. The third-order valence-corrected chi connectivity index (χ3v) is 6.57. The number of pyridine rings is 1. The van der Waals surface area contributed by atoms with Crippen LogP contribution in [0.2, 0.25) is 5.02 Å². The highest BCUT2D eigenvalue weighted by Crippen LogP contribution is 2.57. The highest BCUT2D eigenvalue weighted by atomic mass is 35.5. The normalized spacial score (nSPS) is 28.0. The first-order valence-corrected chi connectivity index (χ1v) is 9.82. The molecular formula is C21H18ClN3O3. The van der Waals surface area contributed by atoms with Crippen molar-refractivity contribution < 1.29 is 14.4 Å². The number of amides is 3. The van der Waals surface area contributed by atoms with Gasteiger partial charge in [-0.3, -0.25) is 19.4 Å². The Balaban J connectivity index is 1.39. The van der Waals surface area contributed by atoms with Gasteiger partial charge in [0.05, 0.1) is 22.5 Å². The van der Waals surface area contributed by atoms with Crippen molar-refractivity contribution in [2.24, 2.45) is 23.7 Å². The standard InChI is InChI=1S/C21H18ClN3O3/c22-14-10-13(24-19(26)15-3-1-2-8-23-15)6-7-16(14)25-20(27)17-11-4-5-12(9-11)18(17)21(25)28/h1-3,6-8,10-12,17-18H,4-5,9H2,(H,24,26)/t11-,12+,17-,18+. The van der Waals surface area contributed by atoms with Crippen molar-refractivity contribution in [1.82, 2.24) is 4.98 Å². The molecule has 0 unspecified atom stereocenters. The predicted molar refractivity (Wildman–Crippen MR) is 104 cm³/mol. The number of imide groups is 1. The van der Waals surface area contributed by atoms with E-state index in [1.165, 1.54) is 4.90 Å². The number of hydrogen-bond acceptors (Lipinski definition) is 4. The number of rotatable bonds is 3. The summed E-state index contributed by atoms with van der Waals surface area (Å²) in [5.74, 6) is -0.344. The summed E-state index contributed by atoms with van der Waals surface area (Å²) in [4.78, 5) is 43.4. The number of benzene rings is 1. The van der Waals surface area contributed by atoms with E-state index < -0.39 is 0 Å². The van der Waals surface area contributed by atoms with Crippen LogP contribution in [0.5, 0.6) is 0 Å². The fourth-order valence-corrected chi connectivity index (χ4v) is 5.37. The van der Waals surface area contributed by atoms with E-state index >= 15 is 0 Å². The number of nitrogens with zero attached hydrogens (tertiary/aromatic N) is 2. The quantitative estimate of drug-likeness (QED) is 0.806. The minimum Gasteiger partial charge on any atom is -0.321 e. The van der Waals surface area contributed by atoms with Crippen LogP contribution in [0.1, 0.15) is 29.8 Å². The van der Waals surface area contributed by atoms with Crippen LogP contribution in [0, 0.1) is 23.7 Å². The number of fused-ring (bicyclic) bond motifs is 5. The molecule has 1 aromatic carbocycles. The van der Waals surface area contributed by atoms with Gasteiger partial charge < -0.3 is 5.32 Å². The SMILES string of the molecule is O=C(Nc1ccc(N2C(=O)[C@@H]3[C@@H]4CC[C@@H](C4)[C@@H]3C2=O)c(Cl)c1)c1ccccn1. The molecule has 2 aromatic rings. The largest absolute Gasteiger partial charge is 0.321 e. The number of nitrogens with one attached hydrogen (secondary N) is 1. The first-order valence-electron chi connectivity index (χ1n) is 9.44. The number of carbonyl (C=O) groups is 3. The lowest BCUT2D eigenvalue weighted by atomic mass is 9.81. The Hall–Kier alpha value is -2.73. The van der Waals surface area contributed by atoms with Gasteiger partial charge >= 0.3 is 0 Å². The third-order valence-electron chi connectivity index (χ3n) is 6.27. The zero-order valence-corrected chi connectivity index (χ0v) is 15.7. The van der Waals surface area contributed by atoms with Crippen LogP contribution in [0.4, 0.5) is 11.4 Å². The van der Waals surface area contributed by atoms with E-state index in [-0.39, 0.29) is 40.3 Å². The molecule has 3 amide bonds. The summed E-state index contributed by atoms with van der Waals surface area (Å²) in [6.45, 7) is 0. The average Bonchev–Trinajstić information content (AvgIpc) is 3.37. The topological polar surface area (TPSA) is 79.4 Å². The maximum atomic E-state index is 13.0. The second kappa shape index (κ2) is 6.41. The molecule has 2 aliphatic carbocycles. The van der Waals surface area contributed by atoms with Gasteiger partial charge in [-0.2, -0.15) is 0 Å². The number of anilines is 2. The summed E-state index contributed by atoms with van der Waals surface area (Å²) in [6.07, 6.45) is 4.60. The molecule has 1 aromatic heterocycles. The average molecular weight is 396 g/mol. The zero-order valence-electron chi connectivity index (χ0n) is 15.0. The summed E-state index contributed by atoms with van der Waals surface area (Å²) < 4.78 is 0. The Morgan fingerprint density at radius 3 is 2.39 bits per heavy atom. The molecule has 2 heterocycles. The first kappa shape index (κ1) is 17.4. The molecular weight excluding hydrogens is 378 g/mol. The monoisotopic (exact) mass is 395 g/mol. The summed E-state index contributed by atoms with van der Waals surface area (Å²) in [6, 6.07) is 9.89. The van der Waals surface area contributed by atoms with Crippen molar-refractivity contribution in [1.29, 1.82) is 0 Å². The van der Waals surface area contributed by atoms with E-state index in [1.807, 2.05) is 0 Å². The highest BCUT2D eigenvalue weighted by molar-refractivity contribution is 6.36. The Kier molecular flexibility index (Phi) is 3.98. The molecule has 5 rings (SSSR count). The minimum atomic E-state index is -0.358. The van der Waals surface area contributed by atoms with Crippen molar-refractivity contribution in [2.75, 3.05) is 10.2 Å². The van der Waals surface area contributed by atoms with Gasteiger partial charge in [0.1, 0.15) is 5.69 Å². The molecule has 142 valence electrons. The van der Waals surface area contributed by atoms with Gasteiger partial charge in [0.25, 0.3) is 5.91 Å². The van der Waals surface area contributed by atoms with Crippen LogP contribution >= 0.6 is 11.6 Å². The van der Waals surface area contributed by atoms with Gasteiger partial charge in [-0.1, -0.05) is 17.7 Å². The minimum absolute atomic E-state index is 0.130. The number of aromatic nitrogens is 1. The van der Waals surface area contributed by atoms with Gasteiger partial charge in [0.2, 0.25) is 11.8 Å². The lowest BCUT2D eigenvalue weighted by Crippen LogP contribution is -2.33. The van der Waals surface area contributed by atoms with Crippen LogP contribution in [-0.2, 0) is 9.59 Å². The lowest BCUT2D eigenvalue weighted by molar-refractivity contribution is -0.123. The molecule has 3 fully saturated rings. The Morgan fingerprint density at radius 2 is 1.79 bits per heavy atom. The van der Waals surface area contributed by atoms with Crippen molar-refractivity contribution in [3.8, 4) is 0 Å². The molecule has 1 saturated heterocycles. The van der Waals surface area contributed by atoms with E-state index in [9.17, 15) is 14.4 Å². The van der Waals surface area contributed by atoms with Crippen molar-refractivity contribution in [3.63, 3.8) is 0 Å². The smallest absolute Gasteiger partial charge is 0.274 e. The van der Waals surface area contributed by atoms with Crippen molar-refractivity contribution >= 4 is 40.7 Å². The van der Waals surface area contributed by atoms with Gasteiger partial charge in [0, 0.05) is 11.9 Å². The van der Waals surface area contributed by atoms with Crippen LogP contribution in [-0.4, -0.2) is 22.7 Å². The molecule has 1 aliphatic heterocycles. The first-order chi connectivity index (χ1) is 13.5. The summed E-state index contributed by atoms with van der Waals surface area (Å²) in [5.41, 5.74) is 1.15. The molecule has 2 saturated carbocycles. The Bertz CT molecular complexity index is 966. The van der Waals surface area contributed by atoms with E-state index in [1.54, 1.807) is 42.6 Å². The van der Waals surface area contributed by atoms with E-state index in [0.29, 0.717) is 23.2 Å². The molecule has 0 spiro atoms. The fraction of sp³-hybridized carbons (Fsp3) is 0.333. The molecule has 1 N–H and O–H groups in total.